The van der Waals surface area contributed by atoms with Gasteiger partial charge in [-0.15, -0.1) is 0 Å². The molecule has 0 bridgehead atoms. The number of amides is 1. The smallest absolute Gasteiger partial charge is 0.276 e. The molecule has 1 saturated carbocycles. The SMILES string of the molecule is O=C(c1cc(-c2ccco2)on1)N1CCC(NC2CCC2)CC1. The first-order valence-corrected chi connectivity index (χ1v) is 8.35. The van der Waals surface area contributed by atoms with Crippen LogP contribution >= 0.6 is 0 Å². The second-order valence-electron chi connectivity index (χ2n) is 6.41. The first-order chi connectivity index (χ1) is 11.3. The molecule has 0 atom stereocenters. The van der Waals surface area contributed by atoms with Gasteiger partial charge < -0.3 is 19.2 Å². The van der Waals surface area contributed by atoms with E-state index in [-0.39, 0.29) is 5.91 Å². The van der Waals surface area contributed by atoms with Gasteiger partial charge in [0, 0.05) is 31.2 Å². The molecule has 2 aromatic heterocycles. The van der Waals surface area contributed by atoms with Crippen molar-refractivity contribution in [2.24, 2.45) is 0 Å². The zero-order valence-corrected chi connectivity index (χ0v) is 13.0. The Morgan fingerprint density at radius 3 is 2.61 bits per heavy atom. The van der Waals surface area contributed by atoms with Gasteiger partial charge in [-0.25, -0.2) is 0 Å². The maximum absolute atomic E-state index is 12.5. The van der Waals surface area contributed by atoms with E-state index in [1.807, 2.05) is 4.90 Å². The molecule has 23 heavy (non-hydrogen) atoms. The Morgan fingerprint density at radius 1 is 1.17 bits per heavy atom. The van der Waals surface area contributed by atoms with Crippen LogP contribution in [-0.2, 0) is 0 Å². The van der Waals surface area contributed by atoms with E-state index in [0.717, 1.165) is 25.9 Å². The number of carbonyl (C=O) groups is 1. The first kappa shape index (κ1) is 14.5. The van der Waals surface area contributed by atoms with Crippen molar-refractivity contribution in [1.29, 1.82) is 0 Å². The van der Waals surface area contributed by atoms with Crippen LogP contribution in [0, 0.1) is 0 Å². The number of hydrogen-bond acceptors (Lipinski definition) is 5. The number of likely N-dealkylation sites (tertiary alicyclic amines) is 1. The minimum Gasteiger partial charge on any atom is -0.461 e. The summed E-state index contributed by atoms with van der Waals surface area (Å²) in [6.45, 7) is 1.54. The molecular weight excluding hydrogens is 294 g/mol. The van der Waals surface area contributed by atoms with Crippen LogP contribution in [0.2, 0.25) is 0 Å². The molecule has 0 aromatic carbocycles. The van der Waals surface area contributed by atoms with Crippen LogP contribution in [0.1, 0.15) is 42.6 Å². The summed E-state index contributed by atoms with van der Waals surface area (Å²) in [6.07, 6.45) is 7.52. The van der Waals surface area contributed by atoms with Crippen LogP contribution in [0.3, 0.4) is 0 Å². The van der Waals surface area contributed by atoms with Gasteiger partial charge in [-0.1, -0.05) is 11.6 Å². The van der Waals surface area contributed by atoms with Crippen molar-refractivity contribution in [2.45, 2.75) is 44.2 Å². The Hall–Kier alpha value is -2.08. The highest BCUT2D eigenvalue weighted by atomic mass is 16.5. The molecule has 1 aliphatic carbocycles. The van der Waals surface area contributed by atoms with E-state index >= 15 is 0 Å². The lowest BCUT2D eigenvalue weighted by Gasteiger charge is -2.36. The molecule has 1 saturated heterocycles. The van der Waals surface area contributed by atoms with Crippen molar-refractivity contribution in [1.82, 2.24) is 15.4 Å². The van der Waals surface area contributed by atoms with E-state index in [1.165, 1.54) is 19.3 Å². The first-order valence-electron chi connectivity index (χ1n) is 8.35. The average Bonchev–Trinajstić information content (AvgIpc) is 3.21. The fraction of sp³-hybridized carbons (Fsp3) is 0.529. The van der Waals surface area contributed by atoms with Gasteiger partial charge in [-0.2, -0.15) is 0 Å². The van der Waals surface area contributed by atoms with Gasteiger partial charge >= 0.3 is 0 Å². The molecule has 3 heterocycles. The summed E-state index contributed by atoms with van der Waals surface area (Å²) in [5.74, 6) is 1.01. The van der Waals surface area contributed by atoms with Crippen LogP contribution in [0.25, 0.3) is 11.5 Å². The Balaban J connectivity index is 1.34. The fourth-order valence-corrected chi connectivity index (χ4v) is 3.23. The molecular formula is C17H21N3O3. The normalized spacial score (nSPS) is 19.7. The third kappa shape index (κ3) is 3.03. The third-order valence-electron chi connectivity index (χ3n) is 4.85. The summed E-state index contributed by atoms with van der Waals surface area (Å²) >= 11 is 0. The molecule has 1 amide bonds. The summed E-state index contributed by atoms with van der Waals surface area (Å²) in [6, 6.07) is 6.46. The number of aromatic nitrogens is 1. The highest BCUT2D eigenvalue weighted by Crippen LogP contribution is 2.23. The van der Waals surface area contributed by atoms with Crippen LogP contribution in [0.5, 0.6) is 0 Å². The second kappa shape index (κ2) is 6.20. The number of carbonyl (C=O) groups excluding carboxylic acids is 1. The van der Waals surface area contributed by atoms with Gasteiger partial charge in [0.05, 0.1) is 6.26 Å². The topological polar surface area (TPSA) is 71.5 Å². The van der Waals surface area contributed by atoms with E-state index < -0.39 is 0 Å². The van der Waals surface area contributed by atoms with Crippen molar-refractivity contribution in [3.8, 4) is 11.5 Å². The Kier molecular flexibility index (Phi) is 3.91. The molecule has 0 radical (unpaired) electrons. The summed E-state index contributed by atoms with van der Waals surface area (Å²) in [5, 5.41) is 7.59. The van der Waals surface area contributed by atoms with Crippen molar-refractivity contribution in [3.05, 3.63) is 30.2 Å². The van der Waals surface area contributed by atoms with Crippen molar-refractivity contribution in [2.75, 3.05) is 13.1 Å². The van der Waals surface area contributed by atoms with E-state index in [0.29, 0.717) is 29.3 Å². The number of furan rings is 1. The van der Waals surface area contributed by atoms with Gasteiger partial charge in [0.15, 0.2) is 11.5 Å². The van der Waals surface area contributed by atoms with Crippen molar-refractivity contribution in [3.63, 3.8) is 0 Å². The van der Waals surface area contributed by atoms with Crippen molar-refractivity contribution < 1.29 is 13.7 Å². The molecule has 6 nitrogen and oxygen atoms in total. The number of rotatable bonds is 4. The van der Waals surface area contributed by atoms with Crippen LogP contribution in [-0.4, -0.2) is 41.1 Å². The molecule has 0 spiro atoms. The Bertz CT molecular complexity index is 652. The van der Waals surface area contributed by atoms with Crippen LogP contribution in [0.15, 0.2) is 33.4 Å². The summed E-state index contributed by atoms with van der Waals surface area (Å²) < 4.78 is 10.5. The largest absolute Gasteiger partial charge is 0.461 e. The van der Waals surface area contributed by atoms with Gasteiger partial charge in [-0.05, 0) is 37.8 Å². The molecule has 2 fully saturated rings. The summed E-state index contributed by atoms with van der Waals surface area (Å²) in [4.78, 5) is 14.4. The predicted molar refractivity (Wildman–Crippen MR) is 83.9 cm³/mol. The van der Waals surface area contributed by atoms with E-state index in [9.17, 15) is 4.79 Å². The highest BCUT2D eigenvalue weighted by Gasteiger charge is 2.28. The van der Waals surface area contributed by atoms with Gasteiger partial charge in [0.2, 0.25) is 5.76 Å². The van der Waals surface area contributed by atoms with Crippen LogP contribution in [0.4, 0.5) is 0 Å². The zero-order chi connectivity index (χ0) is 15.6. The molecule has 1 N–H and O–H groups in total. The van der Waals surface area contributed by atoms with Crippen LogP contribution < -0.4 is 5.32 Å². The van der Waals surface area contributed by atoms with E-state index in [1.54, 1.807) is 24.5 Å². The molecule has 6 heteroatoms. The maximum atomic E-state index is 12.5. The Morgan fingerprint density at radius 2 is 1.96 bits per heavy atom. The average molecular weight is 315 g/mol. The fourth-order valence-electron chi connectivity index (χ4n) is 3.23. The molecule has 2 aromatic rings. The molecule has 1 aliphatic heterocycles. The molecule has 0 unspecified atom stereocenters. The molecule has 4 rings (SSSR count). The molecule has 2 aliphatic rings. The predicted octanol–water partition coefficient (Wildman–Crippen LogP) is 2.68. The quantitative estimate of drug-likeness (QED) is 0.939. The standard InChI is InChI=1S/C17H21N3O3/c21-17(14-11-16(23-19-14)15-5-2-10-22-15)20-8-6-13(7-9-20)18-12-3-1-4-12/h2,5,10-13,18H,1,3-4,6-9H2. The number of nitrogens with zero attached hydrogens (tertiary/aromatic N) is 2. The summed E-state index contributed by atoms with van der Waals surface area (Å²) in [5.41, 5.74) is 0.349. The number of nitrogens with one attached hydrogen (secondary N) is 1. The van der Waals surface area contributed by atoms with Gasteiger partial charge in [0.1, 0.15) is 0 Å². The lowest BCUT2D eigenvalue weighted by atomic mass is 9.91. The van der Waals surface area contributed by atoms with E-state index in [4.69, 9.17) is 8.94 Å². The minimum atomic E-state index is -0.0614. The minimum absolute atomic E-state index is 0.0614. The number of hydrogen-bond donors (Lipinski definition) is 1. The highest BCUT2D eigenvalue weighted by molar-refractivity contribution is 5.93. The summed E-state index contributed by atoms with van der Waals surface area (Å²) in [7, 11) is 0. The van der Waals surface area contributed by atoms with Crippen molar-refractivity contribution >= 4 is 5.91 Å². The number of piperidine rings is 1. The zero-order valence-electron chi connectivity index (χ0n) is 13.0. The van der Waals surface area contributed by atoms with E-state index in [2.05, 4.69) is 10.5 Å². The third-order valence-corrected chi connectivity index (χ3v) is 4.85. The second-order valence-corrected chi connectivity index (χ2v) is 6.41. The van der Waals surface area contributed by atoms with Gasteiger partial charge in [0.25, 0.3) is 5.91 Å². The molecule has 122 valence electrons. The lowest BCUT2D eigenvalue weighted by Crippen LogP contribution is -2.49. The lowest BCUT2D eigenvalue weighted by molar-refractivity contribution is 0.0687. The Labute approximate surface area is 134 Å². The maximum Gasteiger partial charge on any atom is 0.276 e. The van der Waals surface area contributed by atoms with Gasteiger partial charge in [-0.3, -0.25) is 4.79 Å². The monoisotopic (exact) mass is 315 g/mol.